The zero-order chi connectivity index (χ0) is 24.5. The minimum atomic E-state index is -0.502. The average molecular weight is 495 g/mol. The van der Waals surface area contributed by atoms with Crippen LogP contribution < -0.4 is 5.32 Å². The Morgan fingerprint density at radius 1 is 1.03 bits per heavy atom. The van der Waals surface area contributed by atoms with Crippen molar-refractivity contribution in [2.75, 3.05) is 25.0 Å². The maximum atomic E-state index is 14.4. The number of aromatic nitrogens is 1. The zero-order valence-corrected chi connectivity index (χ0v) is 19.9. The molecule has 1 aliphatic heterocycles. The lowest BCUT2D eigenvalue weighted by atomic mass is 10.1. The molecule has 1 aliphatic rings. The van der Waals surface area contributed by atoms with Gasteiger partial charge >= 0.3 is 6.03 Å². The van der Waals surface area contributed by atoms with Gasteiger partial charge in [-0.3, -0.25) is 4.79 Å². The van der Waals surface area contributed by atoms with E-state index in [4.69, 9.17) is 0 Å². The molecule has 1 atom stereocenters. The van der Waals surface area contributed by atoms with Crippen LogP contribution in [0.3, 0.4) is 0 Å². The van der Waals surface area contributed by atoms with Crippen LogP contribution in [0.2, 0.25) is 0 Å². The van der Waals surface area contributed by atoms with Crippen LogP contribution in [-0.2, 0) is 6.54 Å². The van der Waals surface area contributed by atoms with Crippen molar-refractivity contribution in [2.45, 2.75) is 19.5 Å². The second kappa shape index (κ2) is 9.50. The van der Waals surface area contributed by atoms with E-state index >= 15 is 0 Å². The van der Waals surface area contributed by atoms with Crippen molar-refractivity contribution in [2.24, 2.45) is 0 Å². The highest BCUT2D eigenvalue weighted by Crippen LogP contribution is 2.28. The van der Waals surface area contributed by atoms with Gasteiger partial charge in [0.2, 0.25) is 0 Å². The first-order valence-corrected chi connectivity index (χ1v) is 12.2. The number of hydrogen-bond acceptors (Lipinski definition) is 3. The van der Waals surface area contributed by atoms with Crippen molar-refractivity contribution in [3.63, 3.8) is 0 Å². The van der Waals surface area contributed by atoms with Crippen molar-refractivity contribution in [1.29, 1.82) is 0 Å². The number of anilines is 1. The van der Waals surface area contributed by atoms with Crippen LogP contribution in [0, 0.1) is 11.6 Å². The molecule has 0 spiro atoms. The summed E-state index contributed by atoms with van der Waals surface area (Å²) < 4.78 is 30.2. The van der Waals surface area contributed by atoms with Gasteiger partial charge in [-0.1, -0.05) is 30.3 Å². The van der Waals surface area contributed by atoms with Gasteiger partial charge in [0.15, 0.2) is 0 Å². The van der Waals surface area contributed by atoms with E-state index in [0.717, 1.165) is 10.2 Å². The van der Waals surface area contributed by atoms with E-state index in [-0.39, 0.29) is 30.0 Å². The summed E-state index contributed by atoms with van der Waals surface area (Å²) in [6, 6.07) is 15.7. The van der Waals surface area contributed by atoms with Crippen LogP contribution in [-0.4, -0.2) is 52.0 Å². The van der Waals surface area contributed by atoms with Crippen LogP contribution in [0.15, 0.2) is 66.0 Å². The number of piperazine rings is 1. The molecule has 6 nitrogen and oxygen atoms in total. The molecule has 1 saturated heterocycles. The number of carbonyl (C=O) groups is 2. The van der Waals surface area contributed by atoms with Crippen molar-refractivity contribution in [1.82, 2.24) is 14.4 Å². The first-order valence-electron chi connectivity index (χ1n) is 11.3. The third-order valence-corrected chi connectivity index (χ3v) is 7.25. The Hall–Kier alpha value is -3.72. The molecule has 180 valence electrons. The molecule has 5 rings (SSSR count). The van der Waals surface area contributed by atoms with Gasteiger partial charge in [0.1, 0.15) is 22.2 Å². The van der Waals surface area contributed by atoms with Crippen LogP contribution in [0.5, 0.6) is 0 Å². The highest BCUT2D eigenvalue weighted by Gasteiger charge is 2.32. The Balaban J connectivity index is 1.33. The Bertz CT molecular complexity index is 1400. The monoisotopic (exact) mass is 494 g/mol. The second-order valence-electron chi connectivity index (χ2n) is 8.59. The fraction of sp³-hybridized carbons (Fsp3) is 0.231. The van der Waals surface area contributed by atoms with Crippen LogP contribution in [0.4, 0.5) is 19.3 Å². The molecule has 2 aromatic carbocycles. The molecule has 1 fully saturated rings. The van der Waals surface area contributed by atoms with E-state index in [1.54, 1.807) is 40.1 Å². The fourth-order valence-corrected chi connectivity index (χ4v) is 5.36. The SMILES string of the molecule is CC1CN(C(=O)c2cc3ccsc3n2Cc2ccccc2F)CCN1C(=O)Nc1ccccc1F. The van der Waals surface area contributed by atoms with Crippen molar-refractivity contribution in [3.05, 3.63) is 88.9 Å². The molecule has 3 heterocycles. The minimum absolute atomic E-state index is 0.120. The van der Waals surface area contributed by atoms with E-state index in [2.05, 4.69) is 5.32 Å². The molecule has 3 amide bonds. The molecule has 35 heavy (non-hydrogen) atoms. The highest BCUT2D eigenvalue weighted by molar-refractivity contribution is 7.16. The van der Waals surface area contributed by atoms with E-state index in [0.29, 0.717) is 30.9 Å². The Morgan fingerprint density at radius 2 is 1.77 bits per heavy atom. The Morgan fingerprint density at radius 3 is 2.51 bits per heavy atom. The summed E-state index contributed by atoms with van der Waals surface area (Å²) in [6.45, 7) is 3.10. The molecule has 0 aliphatic carbocycles. The van der Waals surface area contributed by atoms with E-state index in [9.17, 15) is 18.4 Å². The van der Waals surface area contributed by atoms with Gasteiger partial charge in [0.05, 0.1) is 12.2 Å². The normalized spacial score (nSPS) is 16.0. The van der Waals surface area contributed by atoms with Crippen LogP contribution in [0.1, 0.15) is 23.0 Å². The largest absolute Gasteiger partial charge is 0.334 e. The number of fused-ring (bicyclic) bond motifs is 1. The summed E-state index contributed by atoms with van der Waals surface area (Å²) >= 11 is 1.51. The number of amides is 3. The number of nitrogens with zero attached hydrogens (tertiary/aromatic N) is 3. The molecule has 2 aromatic heterocycles. The maximum absolute atomic E-state index is 14.4. The van der Waals surface area contributed by atoms with Crippen LogP contribution in [0.25, 0.3) is 10.2 Å². The van der Waals surface area contributed by atoms with Gasteiger partial charge in [-0.2, -0.15) is 0 Å². The van der Waals surface area contributed by atoms with E-state index in [1.807, 2.05) is 29.0 Å². The van der Waals surface area contributed by atoms with Crippen LogP contribution >= 0.6 is 11.3 Å². The predicted molar refractivity (Wildman–Crippen MR) is 133 cm³/mol. The lowest BCUT2D eigenvalue weighted by Gasteiger charge is -2.39. The molecule has 0 radical (unpaired) electrons. The molecule has 9 heteroatoms. The smallest absolute Gasteiger partial charge is 0.322 e. The number of rotatable bonds is 4. The maximum Gasteiger partial charge on any atom is 0.322 e. The number of nitrogens with one attached hydrogen (secondary N) is 1. The predicted octanol–water partition coefficient (Wildman–Crippen LogP) is 5.41. The molecule has 0 saturated carbocycles. The number of halogens is 2. The van der Waals surface area contributed by atoms with Crippen molar-refractivity contribution < 1.29 is 18.4 Å². The van der Waals surface area contributed by atoms with E-state index in [1.165, 1.54) is 29.5 Å². The summed E-state index contributed by atoms with van der Waals surface area (Å²) in [6.07, 6.45) is 0. The molecular formula is C26H24F2N4O2S. The third kappa shape index (κ3) is 4.51. The standard InChI is InChI=1S/C26H24F2N4O2S/c1-17-15-30(11-12-31(17)26(34)29-22-9-5-4-8-21(22)28)24(33)23-14-18-10-13-35-25(18)32(23)16-19-6-2-3-7-20(19)27/h2-10,13-14,17H,11-12,15-16H2,1H3,(H,29,34). The van der Waals surface area contributed by atoms with Crippen molar-refractivity contribution in [3.8, 4) is 0 Å². The van der Waals surface area contributed by atoms with Gasteiger partial charge in [-0.05, 0) is 42.6 Å². The molecular weight excluding hydrogens is 470 g/mol. The molecule has 1 N–H and O–H groups in total. The zero-order valence-electron chi connectivity index (χ0n) is 19.1. The van der Waals surface area contributed by atoms with Gasteiger partial charge in [-0.25, -0.2) is 13.6 Å². The number of hydrogen-bond donors (Lipinski definition) is 1. The van der Waals surface area contributed by atoms with Gasteiger partial charge in [0, 0.05) is 36.6 Å². The number of para-hydroxylation sites is 1. The summed E-state index contributed by atoms with van der Waals surface area (Å²) in [7, 11) is 0. The number of carbonyl (C=O) groups excluding carboxylic acids is 2. The first-order chi connectivity index (χ1) is 16.9. The minimum Gasteiger partial charge on any atom is -0.334 e. The van der Waals surface area contributed by atoms with E-state index < -0.39 is 11.8 Å². The van der Waals surface area contributed by atoms with Gasteiger partial charge in [-0.15, -0.1) is 11.3 Å². The average Bonchev–Trinajstić information content (AvgIpc) is 3.44. The third-order valence-electron chi connectivity index (χ3n) is 6.30. The van der Waals surface area contributed by atoms with Gasteiger partial charge in [0.25, 0.3) is 5.91 Å². The fourth-order valence-electron chi connectivity index (χ4n) is 4.46. The summed E-state index contributed by atoms with van der Waals surface area (Å²) in [5.74, 6) is -0.976. The molecule has 0 bridgehead atoms. The Labute approximate surface area is 205 Å². The quantitative estimate of drug-likeness (QED) is 0.413. The molecule has 4 aromatic rings. The second-order valence-corrected chi connectivity index (χ2v) is 9.49. The summed E-state index contributed by atoms with van der Waals surface area (Å²) in [5.41, 5.74) is 1.12. The lowest BCUT2D eigenvalue weighted by Crippen LogP contribution is -2.56. The summed E-state index contributed by atoms with van der Waals surface area (Å²) in [5, 5.41) is 5.50. The number of benzene rings is 2. The number of thiophene rings is 1. The summed E-state index contributed by atoms with van der Waals surface area (Å²) in [4.78, 5) is 30.6. The Kier molecular flexibility index (Phi) is 6.25. The number of urea groups is 1. The van der Waals surface area contributed by atoms with Gasteiger partial charge < -0.3 is 19.7 Å². The lowest BCUT2D eigenvalue weighted by molar-refractivity contribution is 0.0583. The highest BCUT2D eigenvalue weighted by atomic mass is 32.1. The molecule has 1 unspecified atom stereocenters. The first kappa shape index (κ1) is 23.0. The van der Waals surface area contributed by atoms with Crippen molar-refractivity contribution >= 4 is 39.2 Å². The topological polar surface area (TPSA) is 57.6 Å².